The molecule has 1 aliphatic heterocycles. The van der Waals surface area contributed by atoms with E-state index in [1.807, 2.05) is 44.2 Å². The van der Waals surface area contributed by atoms with Crippen molar-refractivity contribution in [1.29, 1.82) is 0 Å². The smallest absolute Gasteiger partial charge is 0.336 e. The monoisotopic (exact) mass is 378 g/mol. The predicted molar refractivity (Wildman–Crippen MR) is 107 cm³/mol. The largest absolute Gasteiger partial charge is 0.423 e. The van der Waals surface area contributed by atoms with Crippen LogP contribution in [-0.2, 0) is 11.3 Å². The highest BCUT2D eigenvalue weighted by Crippen LogP contribution is 2.31. The maximum absolute atomic E-state index is 13.0. The van der Waals surface area contributed by atoms with Gasteiger partial charge >= 0.3 is 11.7 Å². The second-order valence-electron chi connectivity index (χ2n) is 8.00. The molecule has 0 bridgehead atoms. The summed E-state index contributed by atoms with van der Waals surface area (Å²) in [5, 5.41) is 5.47. The van der Waals surface area contributed by atoms with Gasteiger partial charge in [0.25, 0.3) is 5.91 Å². The number of amides is 3. The molecule has 3 aromatic rings. The Balaban J connectivity index is 1.82. The van der Waals surface area contributed by atoms with Crippen LogP contribution in [0.1, 0.15) is 32.8 Å². The van der Waals surface area contributed by atoms with Crippen molar-refractivity contribution < 1.29 is 14.0 Å². The lowest BCUT2D eigenvalue weighted by atomic mass is 9.91. The average Bonchev–Trinajstić information content (AvgIpc) is 2.83. The van der Waals surface area contributed by atoms with E-state index in [4.69, 9.17) is 4.42 Å². The Kier molecular flexibility index (Phi) is 4.22. The molecule has 2 aromatic carbocycles. The van der Waals surface area contributed by atoms with Gasteiger partial charge < -0.3 is 9.73 Å². The average molecular weight is 378 g/mol. The normalized spacial score (nSPS) is 19.8. The summed E-state index contributed by atoms with van der Waals surface area (Å²) in [5.41, 5.74) is -0.393. The van der Waals surface area contributed by atoms with E-state index in [9.17, 15) is 14.4 Å². The standard InChI is InChI=1S/C22H22N2O4/c1-13(2)11-22(3)20(26)24(21(27)23-22)12-15-10-18(25)28-17-9-8-14-6-4-5-7-16(14)19(15)17/h4-10,13H,11-12H2,1-3H3,(H,23,27)/t22-/m1/s1. The molecule has 1 aromatic heterocycles. The van der Waals surface area contributed by atoms with Crippen LogP contribution in [0, 0.1) is 5.92 Å². The van der Waals surface area contributed by atoms with Crippen LogP contribution in [0.4, 0.5) is 4.79 Å². The molecule has 0 spiro atoms. The second kappa shape index (κ2) is 6.48. The van der Waals surface area contributed by atoms with Gasteiger partial charge in [-0.05, 0) is 41.7 Å². The fourth-order valence-electron chi connectivity index (χ4n) is 4.16. The zero-order valence-electron chi connectivity index (χ0n) is 16.1. The molecule has 1 aliphatic rings. The first kappa shape index (κ1) is 18.2. The Morgan fingerprint density at radius 1 is 1.11 bits per heavy atom. The van der Waals surface area contributed by atoms with Crippen LogP contribution in [0.3, 0.4) is 0 Å². The summed E-state index contributed by atoms with van der Waals surface area (Å²) in [5.74, 6) is -0.0180. The van der Waals surface area contributed by atoms with Gasteiger partial charge in [-0.2, -0.15) is 0 Å². The third kappa shape index (κ3) is 2.95. The van der Waals surface area contributed by atoms with Crippen molar-refractivity contribution >= 4 is 33.7 Å². The highest BCUT2D eigenvalue weighted by atomic mass is 16.4. The Bertz CT molecular complexity index is 1160. The molecule has 1 N–H and O–H groups in total. The molecule has 0 unspecified atom stereocenters. The van der Waals surface area contributed by atoms with E-state index in [0.29, 0.717) is 17.6 Å². The van der Waals surface area contributed by atoms with Crippen molar-refractivity contribution in [3.63, 3.8) is 0 Å². The van der Waals surface area contributed by atoms with E-state index in [1.54, 1.807) is 13.0 Å². The summed E-state index contributed by atoms with van der Waals surface area (Å²) in [6.45, 7) is 5.79. The Hall–Kier alpha value is -3.15. The zero-order valence-corrected chi connectivity index (χ0v) is 16.1. The van der Waals surface area contributed by atoms with Crippen LogP contribution in [0.15, 0.2) is 51.7 Å². The first-order valence-electron chi connectivity index (χ1n) is 9.37. The molecular formula is C22H22N2O4. The van der Waals surface area contributed by atoms with Crippen LogP contribution >= 0.6 is 0 Å². The lowest BCUT2D eigenvalue weighted by Gasteiger charge is -2.23. The highest BCUT2D eigenvalue weighted by Gasteiger charge is 2.47. The van der Waals surface area contributed by atoms with Gasteiger partial charge in [0, 0.05) is 11.5 Å². The minimum Gasteiger partial charge on any atom is -0.423 e. The topological polar surface area (TPSA) is 79.6 Å². The summed E-state index contributed by atoms with van der Waals surface area (Å²) in [6, 6.07) is 12.3. The molecule has 4 rings (SSSR count). The van der Waals surface area contributed by atoms with Gasteiger partial charge in [0.2, 0.25) is 0 Å². The third-order valence-corrected chi connectivity index (χ3v) is 5.20. The van der Waals surface area contributed by atoms with Gasteiger partial charge in [-0.25, -0.2) is 9.59 Å². The molecule has 6 heteroatoms. The predicted octanol–water partition coefficient (Wildman–Crippen LogP) is 3.80. The zero-order chi connectivity index (χ0) is 20.1. The Morgan fingerprint density at radius 3 is 2.61 bits per heavy atom. The summed E-state index contributed by atoms with van der Waals surface area (Å²) >= 11 is 0. The first-order valence-corrected chi connectivity index (χ1v) is 9.37. The van der Waals surface area contributed by atoms with Crippen molar-refractivity contribution in [3.8, 4) is 0 Å². The molecule has 3 amide bonds. The van der Waals surface area contributed by atoms with E-state index in [-0.39, 0.29) is 18.4 Å². The van der Waals surface area contributed by atoms with E-state index < -0.39 is 17.2 Å². The minimum atomic E-state index is -0.928. The number of nitrogens with zero attached hydrogens (tertiary/aromatic N) is 1. The van der Waals surface area contributed by atoms with Gasteiger partial charge in [0.1, 0.15) is 11.1 Å². The van der Waals surface area contributed by atoms with Gasteiger partial charge in [-0.15, -0.1) is 0 Å². The molecular weight excluding hydrogens is 356 g/mol. The van der Waals surface area contributed by atoms with Crippen molar-refractivity contribution in [2.75, 3.05) is 0 Å². The number of carbonyl (C=O) groups excluding carboxylic acids is 2. The molecule has 1 atom stereocenters. The third-order valence-electron chi connectivity index (χ3n) is 5.20. The van der Waals surface area contributed by atoms with E-state index in [2.05, 4.69) is 5.32 Å². The van der Waals surface area contributed by atoms with Crippen LogP contribution in [-0.4, -0.2) is 22.4 Å². The number of fused-ring (bicyclic) bond motifs is 3. The maximum atomic E-state index is 13.0. The van der Waals surface area contributed by atoms with Crippen LogP contribution in [0.25, 0.3) is 21.7 Å². The Labute approximate surface area is 162 Å². The van der Waals surface area contributed by atoms with E-state index in [0.717, 1.165) is 16.2 Å². The second-order valence-corrected chi connectivity index (χ2v) is 8.00. The molecule has 1 fully saturated rings. The number of urea groups is 1. The highest BCUT2D eigenvalue weighted by molar-refractivity contribution is 6.09. The lowest BCUT2D eigenvalue weighted by molar-refractivity contribution is -0.131. The fourth-order valence-corrected chi connectivity index (χ4v) is 4.16. The first-order chi connectivity index (χ1) is 13.3. The number of hydrogen-bond donors (Lipinski definition) is 1. The van der Waals surface area contributed by atoms with Gasteiger partial charge in [-0.3, -0.25) is 9.69 Å². The maximum Gasteiger partial charge on any atom is 0.336 e. The number of nitrogens with one attached hydrogen (secondary N) is 1. The summed E-state index contributed by atoms with van der Waals surface area (Å²) in [6.07, 6.45) is 0.550. The van der Waals surface area contributed by atoms with Gasteiger partial charge in [0.15, 0.2) is 0 Å². The molecule has 28 heavy (non-hydrogen) atoms. The van der Waals surface area contributed by atoms with E-state index in [1.165, 1.54) is 11.0 Å². The molecule has 1 saturated heterocycles. The van der Waals surface area contributed by atoms with Gasteiger partial charge in [0.05, 0.1) is 6.54 Å². The summed E-state index contributed by atoms with van der Waals surface area (Å²) in [4.78, 5) is 38.8. The lowest BCUT2D eigenvalue weighted by Crippen LogP contribution is -2.44. The summed E-state index contributed by atoms with van der Waals surface area (Å²) in [7, 11) is 0. The fraction of sp³-hybridized carbons (Fsp3) is 0.318. The van der Waals surface area contributed by atoms with Crippen molar-refractivity contribution in [2.24, 2.45) is 5.92 Å². The molecule has 2 heterocycles. The molecule has 6 nitrogen and oxygen atoms in total. The van der Waals surface area contributed by atoms with Crippen molar-refractivity contribution in [3.05, 3.63) is 58.4 Å². The number of hydrogen-bond acceptors (Lipinski definition) is 4. The van der Waals surface area contributed by atoms with Crippen LogP contribution < -0.4 is 10.9 Å². The van der Waals surface area contributed by atoms with Crippen LogP contribution in [0.2, 0.25) is 0 Å². The van der Waals surface area contributed by atoms with Crippen molar-refractivity contribution in [2.45, 2.75) is 39.3 Å². The number of imide groups is 1. The Morgan fingerprint density at radius 2 is 1.86 bits per heavy atom. The van der Waals surface area contributed by atoms with Crippen LogP contribution in [0.5, 0.6) is 0 Å². The van der Waals surface area contributed by atoms with E-state index >= 15 is 0 Å². The molecule has 144 valence electrons. The minimum absolute atomic E-state index is 0.0223. The number of benzene rings is 2. The van der Waals surface area contributed by atoms with Gasteiger partial charge in [-0.1, -0.05) is 44.2 Å². The number of carbonyl (C=O) groups is 2. The summed E-state index contributed by atoms with van der Waals surface area (Å²) < 4.78 is 5.36. The quantitative estimate of drug-likeness (QED) is 0.425. The molecule has 0 radical (unpaired) electrons. The van der Waals surface area contributed by atoms with Crippen molar-refractivity contribution in [1.82, 2.24) is 10.2 Å². The molecule has 0 aliphatic carbocycles. The molecule has 0 saturated carbocycles. The SMILES string of the molecule is CC(C)C[C@@]1(C)NC(=O)N(Cc2cc(=O)oc3ccc4ccccc4c23)C1=O. The number of rotatable bonds is 4.